The van der Waals surface area contributed by atoms with Crippen molar-refractivity contribution in [2.75, 3.05) is 13.2 Å². The molecule has 0 aliphatic rings. The molecule has 0 amide bonds. The minimum Gasteiger partial charge on any atom is -0.492 e. The molecule has 0 radical (unpaired) electrons. The van der Waals surface area contributed by atoms with E-state index in [0.717, 1.165) is 32.2 Å². The topological polar surface area (TPSA) is 95.7 Å². The van der Waals surface area contributed by atoms with Crippen LogP contribution in [0.1, 0.15) is 13.8 Å². The van der Waals surface area contributed by atoms with E-state index in [1.54, 1.807) is 23.5 Å². The first-order chi connectivity index (χ1) is 13.2. The molecule has 0 spiro atoms. The lowest BCUT2D eigenvalue weighted by Crippen LogP contribution is -2.10. The Morgan fingerprint density at radius 1 is 1.22 bits per heavy atom. The zero-order valence-corrected chi connectivity index (χ0v) is 15.9. The smallest absolute Gasteiger partial charge is 0.269 e. The number of ether oxygens (including phenoxy) is 1. The average Bonchev–Trinajstić information content (AvgIpc) is 3.25. The SMILES string of the molecule is CC.NCCOc1ccc2c(c1)sc1nc(-c3ccc([N+](=O)[O-])cc3)cn12. The second-order valence-electron chi connectivity index (χ2n) is 5.45. The summed E-state index contributed by atoms with van der Waals surface area (Å²) >= 11 is 1.57. The lowest BCUT2D eigenvalue weighted by molar-refractivity contribution is -0.384. The van der Waals surface area contributed by atoms with Crippen LogP contribution in [0.4, 0.5) is 5.69 Å². The van der Waals surface area contributed by atoms with E-state index < -0.39 is 4.92 Å². The standard InChI is InChI=1S/C17H14N4O3S.C2H6/c18-7-8-24-13-5-6-15-16(9-13)25-17-19-14(10-20(15)17)11-1-3-12(4-2-11)21(22)23;1-2/h1-6,9-10H,7-8,18H2;1-2H3. The van der Waals surface area contributed by atoms with Crippen LogP contribution in [0.5, 0.6) is 5.75 Å². The van der Waals surface area contributed by atoms with Crippen LogP contribution in [0.15, 0.2) is 48.7 Å². The molecule has 0 fully saturated rings. The zero-order chi connectivity index (χ0) is 19.4. The number of benzene rings is 2. The summed E-state index contributed by atoms with van der Waals surface area (Å²) in [5.74, 6) is 0.790. The van der Waals surface area contributed by atoms with Crippen molar-refractivity contribution >= 4 is 32.2 Å². The molecule has 2 N–H and O–H groups in total. The molecule has 27 heavy (non-hydrogen) atoms. The van der Waals surface area contributed by atoms with Gasteiger partial charge in [0.05, 0.1) is 20.8 Å². The van der Waals surface area contributed by atoms with Gasteiger partial charge in [0.15, 0.2) is 4.96 Å². The molecule has 4 aromatic rings. The first-order valence-electron chi connectivity index (χ1n) is 8.65. The molecule has 0 saturated carbocycles. The summed E-state index contributed by atoms with van der Waals surface area (Å²) < 4.78 is 8.65. The molecule has 0 aliphatic heterocycles. The Labute approximate surface area is 160 Å². The van der Waals surface area contributed by atoms with Crippen LogP contribution in [-0.2, 0) is 0 Å². The van der Waals surface area contributed by atoms with Gasteiger partial charge in [-0.1, -0.05) is 25.2 Å². The van der Waals surface area contributed by atoms with Crippen LogP contribution < -0.4 is 10.5 Å². The van der Waals surface area contributed by atoms with Crippen LogP contribution >= 0.6 is 11.3 Å². The summed E-state index contributed by atoms with van der Waals surface area (Å²) in [4.78, 5) is 15.8. The van der Waals surface area contributed by atoms with E-state index in [2.05, 4.69) is 4.98 Å². The lowest BCUT2D eigenvalue weighted by Gasteiger charge is -2.03. The van der Waals surface area contributed by atoms with Gasteiger partial charge >= 0.3 is 0 Å². The number of nitrogens with zero attached hydrogens (tertiary/aromatic N) is 3. The number of imidazole rings is 1. The van der Waals surface area contributed by atoms with Crippen molar-refractivity contribution < 1.29 is 9.66 Å². The van der Waals surface area contributed by atoms with Crippen LogP contribution in [0.2, 0.25) is 0 Å². The maximum Gasteiger partial charge on any atom is 0.269 e. The molecule has 0 saturated heterocycles. The van der Waals surface area contributed by atoms with E-state index in [9.17, 15) is 10.1 Å². The maximum absolute atomic E-state index is 10.8. The molecule has 7 nitrogen and oxygen atoms in total. The molecule has 2 aromatic heterocycles. The minimum atomic E-state index is -0.409. The molecule has 8 heteroatoms. The molecule has 0 unspecified atom stereocenters. The molecule has 2 aromatic carbocycles. The normalized spacial score (nSPS) is 10.6. The minimum absolute atomic E-state index is 0.0697. The van der Waals surface area contributed by atoms with Crippen molar-refractivity contribution in [3.8, 4) is 17.0 Å². The van der Waals surface area contributed by atoms with Gasteiger partial charge in [-0.3, -0.25) is 14.5 Å². The van der Waals surface area contributed by atoms with Gasteiger partial charge in [-0.15, -0.1) is 0 Å². The Morgan fingerprint density at radius 2 is 1.96 bits per heavy atom. The fraction of sp³-hybridized carbons (Fsp3) is 0.211. The van der Waals surface area contributed by atoms with Gasteiger partial charge in [0.1, 0.15) is 12.4 Å². The van der Waals surface area contributed by atoms with Gasteiger partial charge in [-0.25, -0.2) is 4.98 Å². The maximum atomic E-state index is 10.8. The number of thiazole rings is 1. The Kier molecular flexibility index (Phi) is 5.68. The first kappa shape index (κ1) is 18.8. The van der Waals surface area contributed by atoms with E-state index in [4.69, 9.17) is 10.5 Å². The van der Waals surface area contributed by atoms with Gasteiger partial charge in [0.25, 0.3) is 5.69 Å². The van der Waals surface area contributed by atoms with Crippen LogP contribution in [-0.4, -0.2) is 27.5 Å². The summed E-state index contributed by atoms with van der Waals surface area (Å²) in [6, 6.07) is 12.3. The number of hydrogen-bond acceptors (Lipinski definition) is 6. The molecule has 2 heterocycles. The Morgan fingerprint density at radius 3 is 2.63 bits per heavy atom. The Hall–Kier alpha value is -2.97. The highest BCUT2D eigenvalue weighted by Crippen LogP contribution is 2.32. The van der Waals surface area contributed by atoms with Gasteiger partial charge in [-0.05, 0) is 30.3 Å². The third kappa shape index (κ3) is 3.76. The largest absolute Gasteiger partial charge is 0.492 e. The van der Waals surface area contributed by atoms with Gasteiger partial charge < -0.3 is 10.5 Å². The van der Waals surface area contributed by atoms with E-state index in [1.165, 1.54) is 12.1 Å². The van der Waals surface area contributed by atoms with E-state index in [0.29, 0.717) is 13.2 Å². The molecule has 0 aliphatic carbocycles. The summed E-state index contributed by atoms with van der Waals surface area (Å²) in [6.45, 7) is 4.96. The van der Waals surface area contributed by atoms with Crippen LogP contribution in [0, 0.1) is 10.1 Å². The van der Waals surface area contributed by atoms with E-state index in [-0.39, 0.29) is 5.69 Å². The van der Waals surface area contributed by atoms with Crippen molar-refractivity contribution in [2.24, 2.45) is 5.73 Å². The quantitative estimate of drug-likeness (QED) is 0.404. The second-order valence-corrected chi connectivity index (χ2v) is 6.46. The molecular formula is C19H20N4O3S. The van der Waals surface area contributed by atoms with Crippen molar-refractivity contribution in [3.63, 3.8) is 0 Å². The highest BCUT2D eigenvalue weighted by molar-refractivity contribution is 7.23. The monoisotopic (exact) mass is 384 g/mol. The van der Waals surface area contributed by atoms with E-state index >= 15 is 0 Å². The fourth-order valence-corrected chi connectivity index (χ4v) is 3.68. The number of fused-ring (bicyclic) bond motifs is 3. The number of nitro groups is 1. The number of rotatable bonds is 5. The van der Waals surface area contributed by atoms with E-state index in [1.807, 2.05) is 42.6 Å². The van der Waals surface area contributed by atoms with Gasteiger partial charge in [0.2, 0.25) is 0 Å². The van der Waals surface area contributed by atoms with Crippen molar-refractivity contribution in [3.05, 3.63) is 58.8 Å². The third-order valence-corrected chi connectivity index (χ3v) is 4.84. The highest BCUT2D eigenvalue weighted by Gasteiger charge is 2.12. The lowest BCUT2D eigenvalue weighted by atomic mass is 10.1. The van der Waals surface area contributed by atoms with Crippen LogP contribution in [0.3, 0.4) is 0 Å². The predicted octanol–water partition coefficient (Wildman–Crippen LogP) is 4.49. The van der Waals surface area contributed by atoms with Gasteiger partial charge in [0, 0.05) is 30.4 Å². The van der Waals surface area contributed by atoms with Crippen molar-refractivity contribution in [1.82, 2.24) is 9.38 Å². The Bertz CT molecular complexity index is 1070. The molecule has 140 valence electrons. The number of nitrogens with two attached hydrogens (primary N) is 1. The fourth-order valence-electron chi connectivity index (χ4n) is 2.64. The van der Waals surface area contributed by atoms with Crippen molar-refractivity contribution in [2.45, 2.75) is 13.8 Å². The first-order valence-corrected chi connectivity index (χ1v) is 9.47. The second kappa shape index (κ2) is 8.15. The average molecular weight is 384 g/mol. The van der Waals surface area contributed by atoms with Crippen LogP contribution in [0.25, 0.3) is 26.4 Å². The molecular weight excluding hydrogens is 364 g/mol. The summed E-state index contributed by atoms with van der Waals surface area (Å²) in [5, 5.41) is 10.8. The number of non-ortho nitro benzene ring substituents is 1. The van der Waals surface area contributed by atoms with Gasteiger partial charge in [-0.2, -0.15) is 0 Å². The number of nitro benzene ring substituents is 1. The predicted molar refractivity (Wildman–Crippen MR) is 109 cm³/mol. The molecule has 0 bridgehead atoms. The Balaban J connectivity index is 0.00000102. The summed E-state index contributed by atoms with van der Waals surface area (Å²) in [6.07, 6.45) is 1.94. The summed E-state index contributed by atoms with van der Waals surface area (Å²) in [7, 11) is 0. The highest BCUT2D eigenvalue weighted by atomic mass is 32.1. The zero-order valence-electron chi connectivity index (χ0n) is 15.1. The number of aromatic nitrogens is 2. The summed E-state index contributed by atoms with van der Waals surface area (Å²) in [5.41, 5.74) is 8.20. The third-order valence-electron chi connectivity index (χ3n) is 3.83. The molecule has 0 atom stereocenters. The number of hydrogen-bond donors (Lipinski definition) is 1. The molecule has 4 rings (SSSR count). The van der Waals surface area contributed by atoms with Crippen molar-refractivity contribution in [1.29, 1.82) is 0 Å².